The van der Waals surface area contributed by atoms with E-state index >= 15 is 0 Å². The minimum absolute atomic E-state index is 0.426. The Morgan fingerprint density at radius 3 is 2.28 bits per heavy atom. The van der Waals surface area contributed by atoms with Crippen molar-refractivity contribution in [2.24, 2.45) is 0 Å². The number of rotatable bonds is 4. The zero-order valence-corrected chi connectivity index (χ0v) is 14.7. The topological polar surface area (TPSA) is 73.6 Å². The normalized spacial score (nSPS) is 10.2. The summed E-state index contributed by atoms with van der Waals surface area (Å²) in [7, 11) is 0. The molecule has 0 unspecified atom stereocenters. The van der Waals surface area contributed by atoms with Crippen LogP contribution in [-0.4, -0.2) is 9.97 Å². The van der Waals surface area contributed by atoms with Gasteiger partial charge >= 0.3 is 0 Å². The first-order chi connectivity index (χ1) is 12.0. The van der Waals surface area contributed by atoms with Gasteiger partial charge in [-0.1, -0.05) is 29.3 Å². The summed E-state index contributed by atoms with van der Waals surface area (Å²) >= 11 is 12.4. The second-order valence-corrected chi connectivity index (χ2v) is 6.07. The lowest BCUT2D eigenvalue weighted by molar-refractivity contribution is 1.11. The molecule has 0 radical (unpaired) electrons. The zero-order chi connectivity index (χ0) is 17.8. The molecule has 1 heterocycles. The van der Waals surface area contributed by atoms with Gasteiger partial charge in [0, 0.05) is 17.4 Å². The third-order valence-electron chi connectivity index (χ3n) is 3.34. The van der Waals surface area contributed by atoms with Crippen LogP contribution in [0.2, 0.25) is 10.0 Å². The van der Waals surface area contributed by atoms with Gasteiger partial charge in [-0.15, -0.1) is 0 Å². The predicted molar refractivity (Wildman–Crippen MR) is 101 cm³/mol. The van der Waals surface area contributed by atoms with E-state index in [2.05, 4.69) is 26.7 Å². The lowest BCUT2D eigenvalue weighted by Gasteiger charge is -2.12. The molecule has 0 aliphatic heterocycles. The van der Waals surface area contributed by atoms with Gasteiger partial charge in [-0.25, -0.2) is 4.98 Å². The van der Waals surface area contributed by atoms with E-state index in [1.54, 1.807) is 48.5 Å². The van der Waals surface area contributed by atoms with E-state index in [0.29, 0.717) is 33.1 Å². The van der Waals surface area contributed by atoms with E-state index in [0.717, 1.165) is 11.4 Å². The third kappa shape index (κ3) is 4.18. The maximum Gasteiger partial charge on any atom is 0.229 e. The van der Waals surface area contributed by atoms with Crippen molar-refractivity contribution in [2.45, 2.75) is 6.92 Å². The van der Waals surface area contributed by atoms with Gasteiger partial charge in [-0.3, -0.25) is 0 Å². The molecule has 2 N–H and O–H groups in total. The highest BCUT2D eigenvalue weighted by molar-refractivity contribution is 6.39. The van der Waals surface area contributed by atoms with Gasteiger partial charge in [0.15, 0.2) is 0 Å². The highest BCUT2D eigenvalue weighted by Gasteiger charge is 2.09. The molecule has 0 bridgehead atoms. The smallest absolute Gasteiger partial charge is 0.229 e. The Morgan fingerprint density at radius 1 is 0.960 bits per heavy atom. The number of nitrogens with zero attached hydrogens (tertiary/aromatic N) is 3. The predicted octanol–water partition coefficient (Wildman–Crippen LogP) is 5.45. The van der Waals surface area contributed by atoms with Crippen LogP contribution >= 0.6 is 23.2 Å². The molecule has 7 heteroatoms. The van der Waals surface area contributed by atoms with E-state index in [1.165, 1.54) is 0 Å². The van der Waals surface area contributed by atoms with Gasteiger partial charge in [0.25, 0.3) is 0 Å². The second kappa shape index (κ2) is 7.39. The Bertz CT molecular complexity index is 928. The Kier molecular flexibility index (Phi) is 5.03. The van der Waals surface area contributed by atoms with Crippen LogP contribution in [0.4, 0.5) is 23.1 Å². The van der Waals surface area contributed by atoms with Crippen LogP contribution in [0.5, 0.6) is 0 Å². The third-order valence-corrected chi connectivity index (χ3v) is 3.97. The largest absolute Gasteiger partial charge is 0.338 e. The van der Waals surface area contributed by atoms with E-state index in [-0.39, 0.29) is 0 Å². The minimum Gasteiger partial charge on any atom is -0.338 e. The minimum atomic E-state index is 0.426. The number of hydrogen-bond donors (Lipinski definition) is 2. The number of nitrogens with one attached hydrogen (secondary N) is 2. The average Bonchev–Trinajstić information content (AvgIpc) is 2.58. The molecule has 25 heavy (non-hydrogen) atoms. The monoisotopic (exact) mass is 369 g/mol. The number of para-hydroxylation sites is 1. The summed E-state index contributed by atoms with van der Waals surface area (Å²) in [6, 6.07) is 16.2. The van der Waals surface area contributed by atoms with Gasteiger partial charge in [0.1, 0.15) is 5.82 Å². The van der Waals surface area contributed by atoms with Crippen molar-refractivity contribution in [3.63, 3.8) is 0 Å². The number of halogens is 2. The lowest BCUT2D eigenvalue weighted by atomic mass is 10.2. The number of aryl methyl sites for hydroxylation is 1. The molecule has 0 saturated carbocycles. The molecule has 0 atom stereocenters. The van der Waals surface area contributed by atoms with Gasteiger partial charge in [-0.05, 0) is 43.3 Å². The van der Waals surface area contributed by atoms with Crippen LogP contribution in [0.25, 0.3) is 0 Å². The number of hydrogen-bond acceptors (Lipinski definition) is 5. The summed E-state index contributed by atoms with van der Waals surface area (Å²) in [5, 5.41) is 16.1. The van der Waals surface area contributed by atoms with E-state index in [9.17, 15) is 0 Å². The fourth-order valence-corrected chi connectivity index (χ4v) is 2.68. The molecule has 0 aliphatic rings. The first-order valence-electron chi connectivity index (χ1n) is 7.39. The second-order valence-electron chi connectivity index (χ2n) is 5.25. The molecule has 5 nitrogen and oxygen atoms in total. The molecule has 0 amide bonds. The molecule has 3 aromatic rings. The molecule has 3 rings (SSSR count). The summed E-state index contributed by atoms with van der Waals surface area (Å²) in [4.78, 5) is 8.80. The maximum atomic E-state index is 8.85. The molecule has 124 valence electrons. The molecule has 0 fully saturated rings. The zero-order valence-electron chi connectivity index (χ0n) is 13.2. The van der Waals surface area contributed by atoms with Gasteiger partial charge in [0.05, 0.1) is 27.4 Å². The highest BCUT2D eigenvalue weighted by Crippen LogP contribution is 2.32. The Morgan fingerprint density at radius 2 is 1.64 bits per heavy atom. The van der Waals surface area contributed by atoms with E-state index < -0.39 is 0 Å². The van der Waals surface area contributed by atoms with Crippen LogP contribution in [0.15, 0.2) is 48.5 Å². The number of nitriles is 1. The van der Waals surface area contributed by atoms with Crippen molar-refractivity contribution in [3.8, 4) is 6.07 Å². The summed E-state index contributed by atoms with van der Waals surface area (Å²) in [5.41, 5.74) is 2.74. The van der Waals surface area contributed by atoms with Crippen LogP contribution < -0.4 is 10.6 Å². The van der Waals surface area contributed by atoms with Crippen LogP contribution in [0, 0.1) is 18.3 Å². The summed E-state index contributed by atoms with van der Waals surface area (Å²) in [6.45, 7) is 1.87. The lowest BCUT2D eigenvalue weighted by Crippen LogP contribution is -2.03. The van der Waals surface area contributed by atoms with Crippen molar-refractivity contribution in [1.82, 2.24) is 9.97 Å². The number of aromatic nitrogens is 2. The highest BCUT2D eigenvalue weighted by atomic mass is 35.5. The van der Waals surface area contributed by atoms with Crippen LogP contribution in [0.3, 0.4) is 0 Å². The average molecular weight is 370 g/mol. The van der Waals surface area contributed by atoms with Crippen LogP contribution in [-0.2, 0) is 0 Å². The summed E-state index contributed by atoms with van der Waals surface area (Å²) in [6.07, 6.45) is 0. The SMILES string of the molecule is Cc1cc(Nc2c(Cl)cccc2Cl)nc(Nc2ccc(C#N)cc2)n1. The molecule has 1 aromatic heterocycles. The molecule has 0 aliphatic carbocycles. The first kappa shape index (κ1) is 17.0. The van der Waals surface area contributed by atoms with Gasteiger partial charge < -0.3 is 10.6 Å². The van der Waals surface area contributed by atoms with E-state index in [1.807, 2.05) is 6.92 Å². The molecular weight excluding hydrogens is 357 g/mol. The Balaban J connectivity index is 1.86. The molecular formula is C18H13Cl2N5. The van der Waals surface area contributed by atoms with Crippen molar-refractivity contribution >= 4 is 46.3 Å². The molecule has 0 saturated heterocycles. The Hall–Kier alpha value is -2.81. The number of benzene rings is 2. The van der Waals surface area contributed by atoms with Crippen LogP contribution in [0.1, 0.15) is 11.3 Å². The van der Waals surface area contributed by atoms with Gasteiger partial charge in [0.2, 0.25) is 5.95 Å². The van der Waals surface area contributed by atoms with Crippen molar-refractivity contribution < 1.29 is 0 Å². The van der Waals surface area contributed by atoms with Crippen molar-refractivity contribution in [1.29, 1.82) is 5.26 Å². The first-order valence-corrected chi connectivity index (χ1v) is 8.14. The molecule has 0 spiro atoms. The van der Waals surface area contributed by atoms with Gasteiger partial charge in [-0.2, -0.15) is 10.2 Å². The van der Waals surface area contributed by atoms with Crippen molar-refractivity contribution in [3.05, 3.63) is 69.8 Å². The fourth-order valence-electron chi connectivity index (χ4n) is 2.19. The Labute approximate surface area is 155 Å². The molecule has 2 aromatic carbocycles. The van der Waals surface area contributed by atoms with E-state index in [4.69, 9.17) is 28.5 Å². The standard InChI is InChI=1S/C18H13Cl2N5/c1-11-9-16(24-17-14(19)3-2-4-15(17)20)25-18(22-11)23-13-7-5-12(10-21)6-8-13/h2-9H,1H3,(H2,22,23,24,25). The summed E-state index contributed by atoms with van der Waals surface area (Å²) < 4.78 is 0. The quantitative estimate of drug-likeness (QED) is 0.639. The fraction of sp³-hybridized carbons (Fsp3) is 0.0556. The maximum absolute atomic E-state index is 8.85. The number of anilines is 4. The van der Waals surface area contributed by atoms with Crippen molar-refractivity contribution in [2.75, 3.05) is 10.6 Å². The summed E-state index contributed by atoms with van der Waals surface area (Å²) in [5.74, 6) is 0.994.